The van der Waals surface area contributed by atoms with Gasteiger partial charge in [0.1, 0.15) is 5.75 Å². The van der Waals surface area contributed by atoms with Gasteiger partial charge in [-0.05, 0) is 12.1 Å². The lowest BCUT2D eigenvalue weighted by Gasteiger charge is -2.10. The summed E-state index contributed by atoms with van der Waals surface area (Å²) in [7, 11) is 1.59. The largest absolute Gasteiger partial charge is 0.496 e. The van der Waals surface area contributed by atoms with Gasteiger partial charge in [0.2, 0.25) is 0 Å². The second-order valence-corrected chi connectivity index (χ2v) is 3.45. The molecule has 0 bridgehead atoms. The molecular weight excluding hydrogens is 230 g/mol. The molecule has 1 unspecified atom stereocenters. The maximum atomic E-state index is 5.69. The van der Waals surface area contributed by atoms with Crippen LogP contribution in [0.3, 0.4) is 0 Å². The van der Waals surface area contributed by atoms with Gasteiger partial charge < -0.3 is 10.5 Å². The highest BCUT2D eigenvalue weighted by atomic mass is 79.9. The molecule has 0 radical (unpaired) electrons. The molecule has 2 nitrogen and oxygen atoms in total. The smallest absolute Gasteiger partial charge is 0.125 e. The quantitative estimate of drug-likeness (QED) is 0.803. The summed E-state index contributed by atoms with van der Waals surface area (Å²) >= 11 is 3.34. The molecule has 0 fully saturated rings. The molecule has 1 atom stereocenters. The Kier molecular flexibility index (Phi) is 3.35. The zero-order valence-electron chi connectivity index (χ0n) is 7.25. The first-order chi connectivity index (χ1) is 6.19. The Morgan fingerprint density at radius 2 is 2.31 bits per heavy atom. The Labute approximate surface area is 86.2 Å². The highest BCUT2D eigenvalue weighted by molar-refractivity contribution is 9.10. The van der Waals surface area contributed by atoms with Crippen LogP contribution in [0.1, 0.15) is 11.6 Å². The number of hydrogen-bond acceptors (Lipinski definition) is 2. The van der Waals surface area contributed by atoms with E-state index in [-0.39, 0.29) is 0 Å². The molecule has 0 aliphatic carbocycles. The lowest BCUT2D eigenvalue weighted by Crippen LogP contribution is -2.08. The number of benzene rings is 1. The predicted molar refractivity (Wildman–Crippen MR) is 56.5 cm³/mol. The van der Waals surface area contributed by atoms with Gasteiger partial charge in [0, 0.05) is 10.0 Å². The Hall–Kier alpha value is -0.980. The molecule has 0 heterocycles. The average Bonchev–Trinajstić information content (AvgIpc) is 2.16. The summed E-state index contributed by atoms with van der Waals surface area (Å²) < 4.78 is 6.09. The fourth-order valence-corrected chi connectivity index (χ4v) is 1.37. The van der Waals surface area contributed by atoms with Gasteiger partial charge in [-0.2, -0.15) is 0 Å². The molecule has 0 saturated carbocycles. The number of rotatable bonds is 2. The zero-order valence-corrected chi connectivity index (χ0v) is 8.84. The van der Waals surface area contributed by atoms with Crippen LogP contribution in [-0.4, -0.2) is 7.11 Å². The molecule has 3 heteroatoms. The van der Waals surface area contributed by atoms with E-state index in [1.165, 1.54) is 0 Å². The molecule has 13 heavy (non-hydrogen) atoms. The van der Waals surface area contributed by atoms with Crippen molar-refractivity contribution in [1.29, 1.82) is 0 Å². The summed E-state index contributed by atoms with van der Waals surface area (Å²) in [5.74, 6) is 3.17. The number of halogens is 1. The topological polar surface area (TPSA) is 35.2 Å². The lowest BCUT2D eigenvalue weighted by atomic mass is 10.1. The number of methoxy groups -OCH3 is 1. The monoisotopic (exact) mass is 239 g/mol. The number of nitrogens with two attached hydrogens (primary N) is 1. The van der Waals surface area contributed by atoms with E-state index < -0.39 is 6.04 Å². The second kappa shape index (κ2) is 4.31. The van der Waals surface area contributed by atoms with Crippen molar-refractivity contribution in [2.75, 3.05) is 7.11 Å². The van der Waals surface area contributed by atoms with Gasteiger partial charge in [0.15, 0.2) is 0 Å². The first kappa shape index (κ1) is 10.1. The van der Waals surface area contributed by atoms with Crippen LogP contribution in [0, 0.1) is 12.3 Å². The summed E-state index contributed by atoms with van der Waals surface area (Å²) in [6, 6.07) is 5.16. The molecular formula is C10H10BrNO. The summed E-state index contributed by atoms with van der Waals surface area (Å²) in [4.78, 5) is 0. The van der Waals surface area contributed by atoms with Gasteiger partial charge in [-0.15, -0.1) is 6.42 Å². The molecule has 0 amide bonds. The summed E-state index contributed by atoms with van der Waals surface area (Å²) in [6.07, 6.45) is 5.22. The number of hydrogen-bond donors (Lipinski definition) is 1. The van der Waals surface area contributed by atoms with Gasteiger partial charge in [0.25, 0.3) is 0 Å². The summed E-state index contributed by atoms with van der Waals surface area (Å²) in [5, 5.41) is 0. The molecule has 1 rings (SSSR count). The molecule has 0 saturated heterocycles. The van der Waals surface area contributed by atoms with Crippen molar-refractivity contribution in [3.63, 3.8) is 0 Å². The van der Waals surface area contributed by atoms with E-state index in [0.717, 1.165) is 10.0 Å². The Morgan fingerprint density at radius 1 is 1.62 bits per heavy atom. The van der Waals surface area contributed by atoms with Crippen LogP contribution in [-0.2, 0) is 0 Å². The predicted octanol–water partition coefficient (Wildman–Crippen LogP) is 2.09. The number of ether oxygens (including phenoxy) is 1. The summed E-state index contributed by atoms with van der Waals surface area (Å²) in [5.41, 5.74) is 6.52. The van der Waals surface area contributed by atoms with E-state index in [4.69, 9.17) is 16.9 Å². The van der Waals surface area contributed by atoms with E-state index in [9.17, 15) is 0 Å². The second-order valence-electron chi connectivity index (χ2n) is 2.53. The molecule has 1 aromatic carbocycles. The molecule has 1 aromatic rings. The maximum Gasteiger partial charge on any atom is 0.125 e. The first-order valence-corrected chi connectivity index (χ1v) is 4.53. The Balaban J connectivity index is 3.15. The summed E-state index contributed by atoms with van der Waals surface area (Å²) in [6.45, 7) is 0. The number of terminal acetylenes is 1. The molecule has 0 aliphatic heterocycles. The van der Waals surface area contributed by atoms with Crippen molar-refractivity contribution in [2.24, 2.45) is 5.73 Å². The first-order valence-electron chi connectivity index (χ1n) is 3.74. The average molecular weight is 240 g/mol. The minimum atomic E-state index is -0.414. The fourth-order valence-electron chi connectivity index (χ4n) is 1.03. The third-order valence-electron chi connectivity index (χ3n) is 1.71. The van der Waals surface area contributed by atoms with Crippen molar-refractivity contribution in [1.82, 2.24) is 0 Å². The van der Waals surface area contributed by atoms with Crippen LogP contribution in [0.15, 0.2) is 22.7 Å². The molecule has 0 aromatic heterocycles. The molecule has 2 N–H and O–H groups in total. The van der Waals surface area contributed by atoms with Crippen molar-refractivity contribution < 1.29 is 4.74 Å². The van der Waals surface area contributed by atoms with Crippen LogP contribution in [0.25, 0.3) is 0 Å². The van der Waals surface area contributed by atoms with Gasteiger partial charge in [-0.1, -0.05) is 27.9 Å². The van der Waals surface area contributed by atoms with Crippen molar-refractivity contribution in [2.45, 2.75) is 6.04 Å². The van der Waals surface area contributed by atoms with Gasteiger partial charge in [0.05, 0.1) is 13.2 Å². The van der Waals surface area contributed by atoms with E-state index >= 15 is 0 Å². The molecule has 0 spiro atoms. The van der Waals surface area contributed by atoms with Crippen molar-refractivity contribution in [3.8, 4) is 18.1 Å². The van der Waals surface area contributed by atoms with Gasteiger partial charge in [-0.25, -0.2) is 0 Å². The van der Waals surface area contributed by atoms with E-state index in [1.54, 1.807) is 7.11 Å². The standard InChI is InChI=1S/C10H10BrNO/c1-3-9(12)8-5-4-7(11)6-10(8)13-2/h1,4-6,9H,12H2,2H3. The highest BCUT2D eigenvalue weighted by Gasteiger charge is 2.08. The fraction of sp³-hybridized carbons (Fsp3) is 0.200. The third kappa shape index (κ3) is 2.24. The van der Waals surface area contributed by atoms with Crippen LogP contribution >= 0.6 is 15.9 Å². The van der Waals surface area contributed by atoms with Gasteiger partial charge in [-0.3, -0.25) is 0 Å². The van der Waals surface area contributed by atoms with Crippen molar-refractivity contribution in [3.05, 3.63) is 28.2 Å². The zero-order chi connectivity index (χ0) is 9.84. The van der Waals surface area contributed by atoms with E-state index in [2.05, 4.69) is 21.9 Å². The SMILES string of the molecule is C#CC(N)c1ccc(Br)cc1OC. The molecule has 0 aliphatic rings. The normalized spacial score (nSPS) is 11.8. The van der Waals surface area contributed by atoms with Crippen molar-refractivity contribution >= 4 is 15.9 Å². The minimum Gasteiger partial charge on any atom is -0.496 e. The van der Waals surface area contributed by atoms with E-state index in [1.807, 2.05) is 18.2 Å². The minimum absolute atomic E-state index is 0.414. The molecule has 68 valence electrons. The Bertz CT molecular complexity index is 343. The Morgan fingerprint density at radius 3 is 2.85 bits per heavy atom. The maximum absolute atomic E-state index is 5.69. The highest BCUT2D eigenvalue weighted by Crippen LogP contribution is 2.26. The van der Waals surface area contributed by atoms with Crippen LogP contribution < -0.4 is 10.5 Å². The van der Waals surface area contributed by atoms with Crippen LogP contribution in [0.4, 0.5) is 0 Å². The lowest BCUT2D eigenvalue weighted by molar-refractivity contribution is 0.408. The van der Waals surface area contributed by atoms with Crippen LogP contribution in [0.5, 0.6) is 5.75 Å². The third-order valence-corrected chi connectivity index (χ3v) is 2.20. The van der Waals surface area contributed by atoms with E-state index in [0.29, 0.717) is 5.75 Å². The van der Waals surface area contributed by atoms with Crippen LogP contribution in [0.2, 0.25) is 0 Å². The van der Waals surface area contributed by atoms with Gasteiger partial charge >= 0.3 is 0 Å².